The van der Waals surface area contributed by atoms with Gasteiger partial charge in [-0.1, -0.05) is 59.1 Å². The third-order valence-electron chi connectivity index (χ3n) is 5.85. The molecule has 0 spiro atoms. The van der Waals surface area contributed by atoms with Crippen LogP contribution in [0.4, 0.5) is 5.69 Å². The molecule has 1 atom stereocenters. The lowest BCUT2D eigenvalue weighted by Gasteiger charge is -2.37. The van der Waals surface area contributed by atoms with Crippen molar-refractivity contribution in [3.8, 4) is 5.75 Å². The summed E-state index contributed by atoms with van der Waals surface area (Å²) in [5.74, 6) is 0.883. The zero-order chi connectivity index (χ0) is 20.1. The fourth-order valence-electron chi connectivity index (χ4n) is 3.02. The van der Waals surface area contributed by atoms with Gasteiger partial charge in [0.25, 0.3) is 5.91 Å². The molecular weight excluding hydrogens is 354 g/mol. The minimum atomic E-state index is -1.81. The van der Waals surface area contributed by atoms with Gasteiger partial charge in [0.05, 0.1) is 5.69 Å². The maximum Gasteiger partial charge on any atom is 0.268 e. The minimum absolute atomic E-state index is 0.0732. The second-order valence-corrected chi connectivity index (χ2v) is 13.8. The van der Waals surface area contributed by atoms with Crippen LogP contribution in [0.3, 0.4) is 0 Å². The average molecular weight is 392 g/mol. The molecule has 0 bridgehead atoms. The van der Waals surface area contributed by atoms with Crippen LogP contribution in [-0.4, -0.2) is 33.5 Å². The van der Waals surface area contributed by atoms with Crippen LogP contribution in [0.1, 0.15) is 59.8 Å². The lowest BCUT2D eigenvalue weighted by molar-refractivity contribution is -0.127. The van der Waals surface area contributed by atoms with Crippen molar-refractivity contribution in [3.63, 3.8) is 0 Å². The summed E-state index contributed by atoms with van der Waals surface area (Å²) in [5.41, 5.74) is 0.903. The van der Waals surface area contributed by atoms with Gasteiger partial charge in [-0.05, 0) is 36.7 Å². The number of benzene rings is 1. The molecule has 0 aromatic heterocycles. The van der Waals surface area contributed by atoms with Crippen LogP contribution >= 0.6 is 0 Å². The van der Waals surface area contributed by atoms with Crippen LogP contribution in [0.5, 0.6) is 5.75 Å². The molecule has 0 N–H and O–H groups in total. The Morgan fingerprint density at radius 2 is 1.85 bits per heavy atom. The first-order valence-corrected chi connectivity index (χ1v) is 13.3. The summed E-state index contributed by atoms with van der Waals surface area (Å²) in [5, 5.41) is 0.169. The van der Waals surface area contributed by atoms with Crippen LogP contribution in [0.15, 0.2) is 24.3 Å². The lowest BCUT2D eigenvalue weighted by Crippen LogP contribution is -2.47. The maximum absolute atomic E-state index is 13.1. The Bertz CT molecular complexity index is 624. The summed E-state index contributed by atoms with van der Waals surface area (Å²) in [6, 6.07) is 7.88. The summed E-state index contributed by atoms with van der Waals surface area (Å²) in [7, 11) is -1.81. The van der Waals surface area contributed by atoms with Gasteiger partial charge in [0.2, 0.25) is 0 Å². The molecule has 0 aliphatic carbocycles. The molecule has 2 rings (SSSR count). The van der Waals surface area contributed by atoms with Gasteiger partial charge in [-0.3, -0.25) is 4.79 Å². The number of rotatable bonds is 9. The predicted molar refractivity (Wildman–Crippen MR) is 115 cm³/mol. The van der Waals surface area contributed by atoms with Gasteiger partial charge in [-0.2, -0.15) is 0 Å². The number of nitrogens with zero attached hydrogens (tertiary/aromatic N) is 1. The number of unbranched alkanes of at least 4 members (excludes halogenated alkanes) is 3. The smallest absolute Gasteiger partial charge is 0.268 e. The summed E-state index contributed by atoms with van der Waals surface area (Å²) >= 11 is 0. The van der Waals surface area contributed by atoms with E-state index in [1.54, 1.807) is 0 Å². The number of para-hydroxylation sites is 2. The number of amides is 1. The van der Waals surface area contributed by atoms with E-state index in [1.165, 1.54) is 12.8 Å². The SMILES string of the molecule is CCCCCCN1C(=O)C(CCO[Si](C)(C)C(C)(C)C)Oc2ccccc21. The molecule has 1 unspecified atom stereocenters. The van der Waals surface area contributed by atoms with Crippen LogP contribution in [0.2, 0.25) is 18.1 Å². The van der Waals surface area contributed by atoms with Crippen LogP contribution in [-0.2, 0) is 9.22 Å². The molecular formula is C22H37NO3Si. The van der Waals surface area contributed by atoms with E-state index in [2.05, 4.69) is 40.8 Å². The number of carbonyl (C=O) groups excluding carboxylic acids is 1. The van der Waals surface area contributed by atoms with Gasteiger partial charge in [0.1, 0.15) is 5.75 Å². The molecule has 0 fully saturated rings. The Morgan fingerprint density at radius 3 is 2.52 bits per heavy atom. The Labute approximate surface area is 166 Å². The highest BCUT2D eigenvalue weighted by Crippen LogP contribution is 2.37. The number of fused-ring (bicyclic) bond motifs is 1. The molecule has 0 saturated carbocycles. The summed E-state index contributed by atoms with van der Waals surface area (Å²) in [6.07, 6.45) is 4.75. The van der Waals surface area contributed by atoms with Crippen molar-refractivity contribution in [2.45, 2.75) is 84.0 Å². The second-order valence-electron chi connectivity index (χ2n) is 9.02. The monoisotopic (exact) mass is 391 g/mol. The highest BCUT2D eigenvalue weighted by Gasteiger charge is 2.38. The zero-order valence-electron chi connectivity index (χ0n) is 18.0. The highest BCUT2D eigenvalue weighted by molar-refractivity contribution is 6.74. The topological polar surface area (TPSA) is 38.8 Å². The Hall–Kier alpha value is -1.33. The molecule has 1 aromatic carbocycles. The van der Waals surface area contributed by atoms with E-state index in [0.717, 1.165) is 30.8 Å². The molecule has 1 aliphatic heterocycles. The quantitative estimate of drug-likeness (QED) is 0.396. The van der Waals surface area contributed by atoms with E-state index >= 15 is 0 Å². The predicted octanol–water partition coefficient (Wildman–Crippen LogP) is 5.77. The third kappa shape index (κ3) is 5.58. The lowest BCUT2D eigenvalue weighted by atomic mass is 10.1. The summed E-state index contributed by atoms with van der Waals surface area (Å²) in [4.78, 5) is 15.0. The van der Waals surface area contributed by atoms with E-state index in [-0.39, 0.29) is 10.9 Å². The van der Waals surface area contributed by atoms with Crippen molar-refractivity contribution in [2.24, 2.45) is 0 Å². The van der Waals surface area contributed by atoms with Crippen molar-refractivity contribution in [1.82, 2.24) is 0 Å². The van der Waals surface area contributed by atoms with Gasteiger partial charge >= 0.3 is 0 Å². The molecule has 0 radical (unpaired) electrons. The van der Waals surface area contributed by atoms with Crippen molar-refractivity contribution in [1.29, 1.82) is 0 Å². The zero-order valence-corrected chi connectivity index (χ0v) is 19.0. The van der Waals surface area contributed by atoms with Gasteiger partial charge in [0, 0.05) is 19.6 Å². The van der Waals surface area contributed by atoms with E-state index in [1.807, 2.05) is 29.2 Å². The van der Waals surface area contributed by atoms with E-state index in [9.17, 15) is 4.79 Å². The van der Waals surface area contributed by atoms with Crippen LogP contribution in [0, 0.1) is 0 Å². The normalized spacial score (nSPS) is 17.6. The number of ether oxygens (including phenoxy) is 1. The summed E-state index contributed by atoms with van der Waals surface area (Å²) < 4.78 is 12.3. The Kier molecular flexibility index (Phi) is 7.52. The summed E-state index contributed by atoms with van der Waals surface area (Å²) in [6.45, 7) is 14.7. The molecule has 5 heteroatoms. The standard InChI is InChI=1S/C22H37NO3Si/c1-7-8-9-12-16-23-18-13-10-11-14-19(18)26-20(21(23)24)15-17-25-27(5,6)22(2,3)4/h10-11,13-14,20H,7-9,12,15-17H2,1-6H3. The molecule has 1 heterocycles. The van der Waals surface area contributed by atoms with E-state index in [4.69, 9.17) is 9.16 Å². The molecule has 1 amide bonds. The first-order chi connectivity index (χ1) is 12.7. The van der Waals surface area contributed by atoms with Crippen molar-refractivity contribution < 1.29 is 14.0 Å². The molecule has 27 heavy (non-hydrogen) atoms. The highest BCUT2D eigenvalue weighted by atomic mass is 28.4. The fourth-order valence-corrected chi connectivity index (χ4v) is 4.08. The largest absolute Gasteiger partial charge is 0.478 e. The maximum atomic E-state index is 13.1. The number of anilines is 1. The minimum Gasteiger partial charge on any atom is -0.478 e. The number of carbonyl (C=O) groups is 1. The first-order valence-electron chi connectivity index (χ1n) is 10.4. The van der Waals surface area contributed by atoms with Gasteiger partial charge in [0.15, 0.2) is 14.4 Å². The Morgan fingerprint density at radius 1 is 1.15 bits per heavy atom. The molecule has 0 saturated heterocycles. The van der Waals surface area contributed by atoms with Crippen LogP contribution in [0.25, 0.3) is 0 Å². The van der Waals surface area contributed by atoms with Crippen molar-refractivity contribution >= 4 is 19.9 Å². The number of hydrogen-bond donors (Lipinski definition) is 0. The second kappa shape index (κ2) is 9.24. The van der Waals surface area contributed by atoms with Crippen molar-refractivity contribution in [2.75, 3.05) is 18.1 Å². The van der Waals surface area contributed by atoms with E-state index < -0.39 is 14.4 Å². The molecule has 1 aliphatic rings. The average Bonchev–Trinajstić information content (AvgIpc) is 2.60. The third-order valence-corrected chi connectivity index (χ3v) is 10.4. The first kappa shape index (κ1) is 22.0. The van der Waals surface area contributed by atoms with Gasteiger partial charge in [-0.25, -0.2) is 0 Å². The Balaban J connectivity index is 2.03. The molecule has 1 aromatic rings. The van der Waals surface area contributed by atoms with E-state index in [0.29, 0.717) is 13.0 Å². The van der Waals surface area contributed by atoms with Crippen molar-refractivity contribution in [3.05, 3.63) is 24.3 Å². The van der Waals surface area contributed by atoms with Crippen LogP contribution < -0.4 is 9.64 Å². The number of hydrogen-bond acceptors (Lipinski definition) is 3. The van der Waals surface area contributed by atoms with Gasteiger partial charge in [-0.15, -0.1) is 0 Å². The molecule has 4 nitrogen and oxygen atoms in total. The molecule has 152 valence electrons. The fraction of sp³-hybridized carbons (Fsp3) is 0.682. The van der Waals surface area contributed by atoms with Gasteiger partial charge < -0.3 is 14.1 Å².